The summed E-state index contributed by atoms with van der Waals surface area (Å²) in [5.74, 6) is 0.507. The number of fused-ring (bicyclic) bond motifs is 3. The van der Waals surface area contributed by atoms with Crippen molar-refractivity contribution in [2.75, 3.05) is 18.2 Å². The number of aryl methyl sites for hydroxylation is 2. The minimum atomic E-state index is 0.221. The van der Waals surface area contributed by atoms with E-state index in [2.05, 4.69) is 61.8 Å². The van der Waals surface area contributed by atoms with Gasteiger partial charge in [-0.25, -0.2) is 0 Å². The molecule has 24 heavy (non-hydrogen) atoms. The Labute approximate surface area is 149 Å². The van der Waals surface area contributed by atoms with E-state index in [0.717, 1.165) is 13.0 Å². The Hall–Kier alpha value is -1.45. The second-order valence-electron chi connectivity index (χ2n) is 7.04. The lowest BCUT2D eigenvalue weighted by Crippen LogP contribution is -2.36. The van der Waals surface area contributed by atoms with Gasteiger partial charge < -0.3 is 10.1 Å². The van der Waals surface area contributed by atoms with E-state index in [1.165, 1.54) is 39.3 Å². The van der Waals surface area contributed by atoms with Crippen LogP contribution in [0.2, 0.25) is 0 Å². The number of rotatable bonds is 2. The average molecular weight is 340 g/mol. The summed E-state index contributed by atoms with van der Waals surface area (Å²) >= 11 is 1.79. The second-order valence-corrected chi connectivity index (χ2v) is 7.92. The fourth-order valence-corrected chi connectivity index (χ4v) is 4.70. The molecular weight excluding hydrogens is 314 g/mol. The Bertz CT molecular complexity index is 740. The zero-order chi connectivity index (χ0) is 16.7. The van der Waals surface area contributed by atoms with Gasteiger partial charge in [0.05, 0.1) is 12.1 Å². The van der Waals surface area contributed by atoms with Crippen molar-refractivity contribution in [3.8, 4) is 0 Å². The van der Waals surface area contributed by atoms with Crippen molar-refractivity contribution in [2.24, 2.45) is 5.92 Å². The first-order valence-corrected chi connectivity index (χ1v) is 10.0. The highest BCUT2D eigenvalue weighted by molar-refractivity contribution is 7.98. The Morgan fingerprint density at radius 1 is 1.12 bits per heavy atom. The van der Waals surface area contributed by atoms with Crippen LogP contribution in [0, 0.1) is 19.8 Å². The maximum Gasteiger partial charge on any atom is 0.0896 e. The number of ether oxygens (including phenoxy) is 1. The molecule has 2 aliphatic rings. The summed E-state index contributed by atoms with van der Waals surface area (Å²) in [4.78, 5) is 1.32. The maximum absolute atomic E-state index is 6.27. The van der Waals surface area contributed by atoms with Crippen LogP contribution in [0.4, 0.5) is 5.69 Å². The second kappa shape index (κ2) is 6.45. The molecule has 2 aromatic rings. The van der Waals surface area contributed by atoms with Gasteiger partial charge in [-0.3, -0.25) is 0 Å². The van der Waals surface area contributed by atoms with Gasteiger partial charge in [-0.15, -0.1) is 11.8 Å². The molecule has 1 saturated heterocycles. The highest BCUT2D eigenvalue weighted by atomic mass is 32.2. The van der Waals surface area contributed by atoms with Gasteiger partial charge in [-0.2, -0.15) is 0 Å². The Kier molecular flexibility index (Phi) is 4.31. The quantitative estimate of drug-likeness (QED) is 0.713. The Morgan fingerprint density at radius 2 is 1.92 bits per heavy atom. The predicted octanol–water partition coefficient (Wildman–Crippen LogP) is 5.66. The molecule has 2 aliphatic heterocycles. The third-order valence-electron chi connectivity index (χ3n) is 5.39. The molecule has 0 spiro atoms. The van der Waals surface area contributed by atoms with Gasteiger partial charge in [0, 0.05) is 28.7 Å². The number of nitrogens with one attached hydrogen (secondary N) is 1. The first-order valence-electron chi connectivity index (χ1n) is 8.80. The van der Waals surface area contributed by atoms with Crippen LogP contribution in [0.5, 0.6) is 0 Å². The van der Waals surface area contributed by atoms with E-state index in [4.69, 9.17) is 4.74 Å². The molecule has 2 heterocycles. The molecule has 3 atom stereocenters. The molecular formula is C21H25NOS. The highest BCUT2D eigenvalue weighted by Crippen LogP contribution is 2.50. The molecule has 0 aliphatic carbocycles. The van der Waals surface area contributed by atoms with Crippen LogP contribution in [0.3, 0.4) is 0 Å². The molecule has 2 nitrogen and oxygen atoms in total. The molecule has 0 radical (unpaired) electrons. The molecule has 0 unspecified atom stereocenters. The van der Waals surface area contributed by atoms with Crippen molar-refractivity contribution in [3.63, 3.8) is 0 Å². The van der Waals surface area contributed by atoms with E-state index < -0.39 is 0 Å². The lowest BCUT2D eigenvalue weighted by atomic mass is 9.76. The van der Waals surface area contributed by atoms with E-state index in [9.17, 15) is 0 Å². The first-order chi connectivity index (χ1) is 11.7. The summed E-state index contributed by atoms with van der Waals surface area (Å²) in [5, 5.41) is 3.86. The van der Waals surface area contributed by atoms with Crippen LogP contribution >= 0.6 is 11.8 Å². The van der Waals surface area contributed by atoms with Crippen molar-refractivity contribution in [3.05, 3.63) is 58.7 Å². The fraction of sp³-hybridized carbons (Fsp3) is 0.429. The summed E-state index contributed by atoms with van der Waals surface area (Å²) in [6.07, 6.45) is 4.72. The molecule has 0 amide bonds. The molecule has 1 N–H and O–H groups in total. The highest BCUT2D eigenvalue weighted by Gasteiger charge is 2.40. The smallest absolute Gasteiger partial charge is 0.0896 e. The van der Waals surface area contributed by atoms with Gasteiger partial charge in [-0.1, -0.05) is 29.8 Å². The molecule has 1 fully saturated rings. The number of hydrogen-bond acceptors (Lipinski definition) is 3. The summed E-state index contributed by atoms with van der Waals surface area (Å²) < 4.78 is 6.27. The molecule has 0 saturated carbocycles. The third-order valence-corrected chi connectivity index (χ3v) is 6.13. The van der Waals surface area contributed by atoms with Gasteiger partial charge in [-0.05, 0) is 56.2 Å². The van der Waals surface area contributed by atoms with Crippen LogP contribution in [0.15, 0.2) is 41.3 Å². The molecule has 0 aromatic heterocycles. The first kappa shape index (κ1) is 16.0. The van der Waals surface area contributed by atoms with Gasteiger partial charge in [0.1, 0.15) is 0 Å². The monoisotopic (exact) mass is 339 g/mol. The zero-order valence-corrected chi connectivity index (χ0v) is 15.5. The van der Waals surface area contributed by atoms with Gasteiger partial charge in [0.25, 0.3) is 0 Å². The van der Waals surface area contributed by atoms with Crippen LogP contribution in [-0.2, 0) is 4.74 Å². The summed E-state index contributed by atoms with van der Waals surface area (Å²) in [5.41, 5.74) is 6.66. The zero-order valence-electron chi connectivity index (χ0n) is 14.6. The molecule has 0 bridgehead atoms. The lowest BCUT2D eigenvalue weighted by Gasteiger charge is -2.44. The van der Waals surface area contributed by atoms with Crippen molar-refractivity contribution < 1.29 is 4.74 Å². The number of thioether (sulfide) groups is 1. The van der Waals surface area contributed by atoms with Crippen LogP contribution in [0.25, 0.3) is 0 Å². The molecule has 4 rings (SSSR count). The summed E-state index contributed by atoms with van der Waals surface area (Å²) in [6, 6.07) is 13.9. The van der Waals surface area contributed by atoms with Crippen LogP contribution < -0.4 is 5.32 Å². The Morgan fingerprint density at radius 3 is 2.67 bits per heavy atom. The van der Waals surface area contributed by atoms with Crippen molar-refractivity contribution in [1.82, 2.24) is 0 Å². The van der Waals surface area contributed by atoms with Crippen molar-refractivity contribution >= 4 is 17.4 Å². The van der Waals surface area contributed by atoms with E-state index in [-0.39, 0.29) is 6.10 Å². The van der Waals surface area contributed by atoms with Crippen molar-refractivity contribution in [2.45, 2.75) is 43.7 Å². The third kappa shape index (κ3) is 2.74. The topological polar surface area (TPSA) is 21.3 Å². The van der Waals surface area contributed by atoms with Gasteiger partial charge >= 0.3 is 0 Å². The van der Waals surface area contributed by atoms with Gasteiger partial charge in [0.15, 0.2) is 0 Å². The minimum absolute atomic E-state index is 0.221. The average Bonchev–Trinajstić information content (AvgIpc) is 2.61. The lowest BCUT2D eigenvalue weighted by molar-refractivity contribution is -0.0382. The fourth-order valence-electron chi connectivity index (χ4n) is 4.29. The number of anilines is 1. The molecule has 2 aromatic carbocycles. The number of benzene rings is 2. The SMILES string of the molecule is CSc1ccc([C@H]2Nc3c(C)cc(C)cc3[C@H]3OCCC[C@@H]23)cc1. The predicted molar refractivity (Wildman–Crippen MR) is 102 cm³/mol. The maximum atomic E-state index is 6.27. The van der Waals surface area contributed by atoms with Crippen LogP contribution in [0.1, 0.15) is 47.2 Å². The number of hydrogen-bond donors (Lipinski definition) is 1. The van der Waals surface area contributed by atoms with E-state index in [1.807, 2.05) is 0 Å². The van der Waals surface area contributed by atoms with Crippen molar-refractivity contribution in [1.29, 1.82) is 0 Å². The Balaban J connectivity index is 1.77. The summed E-state index contributed by atoms with van der Waals surface area (Å²) in [7, 11) is 0. The molecule has 3 heteroatoms. The normalized spacial score (nSPS) is 25.5. The summed E-state index contributed by atoms with van der Waals surface area (Å²) in [6.45, 7) is 5.26. The van der Waals surface area contributed by atoms with E-state index in [0.29, 0.717) is 12.0 Å². The molecule has 126 valence electrons. The van der Waals surface area contributed by atoms with Gasteiger partial charge in [0.2, 0.25) is 0 Å². The van der Waals surface area contributed by atoms with E-state index in [1.54, 1.807) is 11.8 Å². The van der Waals surface area contributed by atoms with E-state index >= 15 is 0 Å². The van der Waals surface area contributed by atoms with Crippen LogP contribution in [-0.4, -0.2) is 12.9 Å². The minimum Gasteiger partial charge on any atom is -0.377 e. The standard InChI is InChI=1S/C21H25NOS/c1-13-11-14(2)19-18(12-13)21-17(5-4-10-23-21)20(22-19)15-6-8-16(24-3)9-7-15/h6-9,11-12,17,20-22H,4-5,10H2,1-3H3/t17-,20+,21-/m0/s1. The largest absolute Gasteiger partial charge is 0.377 e.